The van der Waals surface area contributed by atoms with Gasteiger partial charge in [-0.1, -0.05) is 0 Å². The van der Waals surface area contributed by atoms with E-state index in [1.807, 2.05) is 0 Å². The van der Waals surface area contributed by atoms with Crippen LogP contribution >= 0.6 is 0 Å². The maximum atomic E-state index is 13.1. The average Bonchev–Trinajstić information content (AvgIpc) is 3.50. The van der Waals surface area contributed by atoms with E-state index in [0.29, 0.717) is 55.4 Å². The molecule has 2 aromatic heterocycles. The third kappa shape index (κ3) is 4.52. The fraction of sp³-hybridized carbons (Fsp3) is 0.696. The van der Waals surface area contributed by atoms with Gasteiger partial charge in [-0.2, -0.15) is 4.98 Å². The second-order valence-electron chi connectivity index (χ2n) is 10.3. The molecule has 2 aliphatic carbocycles. The van der Waals surface area contributed by atoms with E-state index in [1.54, 1.807) is 35.0 Å². The standard InChI is InChI=1S/C23H33N5O4S/c1-15-12-17-13-24-22(26-20(17)28(21(15)29)19-4-3-9-23(19,2)30)25-18-7-10-27(11-8-18)33(31,32)14-16-5-6-16/h12-13,16,18-19,30H,3-11,14H2,1-2H3,(H,24,25,26)/t19-,23-/m0/s1. The van der Waals surface area contributed by atoms with Gasteiger partial charge in [-0.15, -0.1) is 0 Å². The highest BCUT2D eigenvalue weighted by molar-refractivity contribution is 7.89. The molecule has 0 aromatic carbocycles. The number of nitrogens with one attached hydrogen (secondary N) is 1. The molecule has 180 valence electrons. The summed E-state index contributed by atoms with van der Waals surface area (Å²) >= 11 is 0. The van der Waals surface area contributed by atoms with Gasteiger partial charge in [-0.3, -0.25) is 9.36 Å². The van der Waals surface area contributed by atoms with Crippen LogP contribution in [0.2, 0.25) is 0 Å². The van der Waals surface area contributed by atoms with E-state index >= 15 is 0 Å². The number of pyridine rings is 1. The van der Waals surface area contributed by atoms with E-state index in [4.69, 9.17) is 4.98 Å². The van der Waals surface area contributed by atoms with E-state index in [2.05, 4.69) is 10.3 Å². The topological polar surface area (TPSA) is 117 Å². The third-order valence-electron chi connectivity index (χ3n) is 7.47. The Hall–Kier alpha value is -2.04. The summed E-state index contributed by atoms with van der Waals surface area (Å²) in [4.78, 5) is 22.2. The number of aryl methyl sites for hydroxylation is 1. The summed E-state index contributed by atoms with van der Waals surface area (Å²) in [5.41, 5.74) is 0.0459. The van der Waals surface area contributed by atoms with Crippen LogP contribution in [-0.2, 0) is 10.0 Å². The van der Waals surface area contributed by atoms with Crippen LogP contribution in [0.4, 0.5) is 5.95 Å². The van der Waals surface area contributed by atoms with Crippen molar-refractivity contribution in [1.29, 1.82) is 0 Å². The molecule has 0 amide bonds. The normalized spacial score (nSPS) is 27.3. The van der Waals surface area contributed by atoms with Gasteiger partial charge in [0.2, 0.25) is 16.0 Å². The highest BCUT2D eigenvalue weighted by atomic mass is 32.2. The number of rotatable bonds is 6. The molecule has 1 aliphatic heterocycles. The van der Waals surface area contributed by atoms with Gasteiger partial charge in [0.1, 0.15) is 5.65 Å². The Bertz CT molecular complexity index is 1210. The Labute approximate surface area is 194 Å². The van der Waals surface area contributed by atoms with Gasteiger partial charge in [-0.05, 0) is 70.8 Å². The van der Waals surface area contributed by atoms with Crippen LogP contribution in [-0.4, -0.2) is 62.8 Å². The predicted molar refractivity (Wildman–Crippen MR) is 127 cm³/mol. The highest BCUT2D eigenvalue weighted by Gasteiger charge is 2.40. The summed E-state index contributed by atoms with van der Waals surface area (Å²) in [6.45, 7) is 4.56. The van der Waals surface area contributed by atoms with Crippen molar-refractivity contribution < 1.29 is 13.5 Å². The fourth-order valence-corrected chi connectivity index (χ4v) is 7.21. The SMILES string of the molecule is Cc1cc2cnc(NC3CCN(S(=O)(=O)CC4CC4)CC3)nc2n([C@H]2CCC[C@]2(C)O)c1=O. The number of fused-ring (bicyclic) bond motifs is 1. The van der Waals surface area contributed by atoms with Gasteiger partial charge in [-0.25, -0.2) is 17.7 Å². The minimum absolute atomic E-state index is 0.0648. The molecule has 33 heavy (non-hydrogen) atoms. The molecule has 2 aromatic rings. The van der Waals surface area contributed by atoms with Crippen molar-refractivity contribution >= 4 is 27.0 Å². The lowest BCUT2D eigenvalue weighted by atomic mass is 9.99. The first-order chi connectivity index (χ1) is 15.6. The number of piperidine rings is 1. The molecule has 2 N–H and O–H groups in total. The van der Waals surface area contributed by atoms with Gasteiger partial charge in [0.05, 0.1) is 17.4 Å². The fourth-order valence-electron chi connectivity index (χ4n) is 5.30. The monoisotopic (exact) mass is 475 g/mol. The van der Waals surface area contributed by atoms with Gasteiger partial charge in [0, 0.05) is 36.3 Å². The van der Waals surface area contributed by atoms with Crippen molar-refractivity contribution in [3.8, 4) is 0 Å². The van der Waals surface area contributed by atoms with Crippen LogP contribution in [0.25, 0.3) is 11.0 Å². The second-order valence-corrected chi connectivity index (χ2v) is 12.3. The maximum absolute atomic E-state index is 13.1. The van der Waals surface area contributed by atoms with Crippen molar-refractivity contribution in [1.82, 2.24) is 18.8 Å². The highest BCUT2D eigenvalue weighted by Crippen LogP contribution is 2.39. The number of hydrogen-bond acceptors (Lipinski definition) is 7. The molecule has 0 unspecified atom stereocenters. The van der Waals surface area contributed by atoms with Crippen LogP contribution in [0.15, 0.2) is 17.1 Å². The van der Waals surface area contributed by atoms with Gasteiger partial charge in [0.25, 0.3) is 5.56 Å². The number of anilines is 1. The molecule has 1 saturated heterocycles. The van der Waals surface area contributed by atoms with Gasteiger partial charge < -0.3 is 10.4 Å². The van der Waals surface area contributed by atoms with Gasteiger partial charge >= 0.3 is 0 Å². The largest absolute Gasteiger partial charge is 0.388 e. The molecule has 5 rings (SSSR count). The van der Waals surface area contributed by atoms with Crippen molar-refractivity contribution in [3.63, 3.8) is 0 Å². The summed E-state index contributed by atoms with van der Waals surface area (Å²) < 4.78 is 28.4. The molecular formula is C23H33N5O4S. The Morgan fingerprint density at radius 3 is 2.58 bits per heavy atom. The molecule has 3 fully saturated rings. The first-order valence-electron chi connectivity index (χ1n) is 12.0. The van der Waals surface area contributed by atoms with Crippen LogP contribution in [0, 0.1) is 12.8 Å². The minimum Gasteiger partial charge on any atom is -0.388 e. The third-order valence-corrected chi connectivity index (χ3v) is 9.51. The van der Waals surface area contributed by atoms with Crippen LogP contribution in [0.1, 0.15) is 63.5 Å². The first-order valence-corrected chi connectivity index (χ1v) is 13.6. The summed E-state index contributed by atoms with van der Waals surface area (Å²) in [5, 5.41) is 15.0. The lowest BCUT2D eigenvalue weighted by molar-refractivity contribution is 0.0266. The van der Waals surface area contributed by atoms with E-state index in [0.717, 1.165) is 31.1 Å². The zero-order valence-corrected chi connectivity index (χ0v) is 20.1. The van der Waals surface area contributed by atoms with E-state index < -0.39 is 15.6 Å². The van der Waals surface area contributed by atoms with Crippen molar-refractivity contribution in [2.75, 3.05) is 24.2 Å². The second kappa shape index (κ2) is 8.32. The average molecular weight is 476 g/mol. The Morgan fingerprint density at radius 1 is 1.21 bits per heavy atom. The summed E-state index contributed by atoms with van der Waals surface area (Å²) in [6.07, 6.45) is 7.37. The smallest absolute Gasteiger partial charge is 0.255 e. The first kappa shape index (κ1) is 22.7. The molecule has 0 spiro atoms. The molecule has 0 radical (unpaired) electrons. The number of hydrogen-bond donors (Lipinski definition) is 2. The summed E-state index contributed by atoms with van der Waals surface area (Å²) in [6, 6.07) is 1.54. The molecule has 2 atom stereocenters. The van der Waals surface area contributed by atoms with E-state index in [9.17, 15) is 18.3 Å². The van der Waals surface area contributed by atoms with E-state index in [1.165, 1.54) is 0 Å². The summed E-state index contributed by atoms with van der Waals surface area (Å²) in [5.74, 6) is 1.05. The summed E-state index contributed by atoms with van der Waals surface area (Å²) in [7, 11) is -3.17. The number of nitrogens with zero attached hydrogens (tertiary/aromatic N) is 4. The zero-order chi connectivity index (χ0) is 23.4. The Kier molecular flexibility index (Phi) is 5.73. The molecule has 3 aliphatic rings. The number of sulfonamides is 1. The van der Waals surface area contributed by atoms with Crippen LogP contribution in [0.5, 0.6) is 0 Å². The van der Waals surface area contributed by atoms with E-state index in [-0.39, 0.29) is 23.4 Å². The molecule has 9 nitrogen and oxygen atoms in total. The van der Waals surface area contributed by atoms with Crippen LogP contribution < -0.4 is 10.9 Å². The molecule has 0 bridgehead atoms. The lowest BCUT2D eigenvalue weighted by Gasteiger charge is -2.32. The Morgan fingerprint density at radius 2 is 1.94 bits per heavy atom. The zero-order valence-electron chi connectivity index (χ0n) is 19.3. The van der Waals surface area contributed by atoms with Gasteiger partial charge in [0.15, 0.2) is 0 Å². The Balaban J connectivity index is 1.36. The van der Waals surface area contributed by atoms with Crippen molar-refractivity contribution in [3.05, 3.63) is 28.2 Å². The molecular weight excluding hydrogens is 442 g/mol. The molecule has 3 heterocycles. The number of aliphatic hydroxyl groups is 1. The quantitative estimate of drug-likeness (QED) is 0.658. The lowest BCUT2D eigenvalue weighted by Crippen LogP contribution is -2.43. The van der Waals surface area contributed by atoms with Crippen LogP contribution in [0.3, 0.4) is 0 Å². The van der Waals surface area contributed by atoms with Crippen molar-refractivity contribution in [2.45, 2.75) is 76.5 Å². The molecule has 10 heteroatoms. The van der Waals surface area contributed by atoms with Crippen molar-refractivity contribution in [2.24, 2.45) is 5.92 Å². The molecule has 2 saturated carbocycles. The minimum atomic E-state index is -3.17. The maximum Gasteiger partial charge on any atom is 0.255 e. The number of aromatic nitrogens is 3. The predicted octanol–water partition coefficient (Wildman–Crippen LogP) is 2.19.